The summed E-state index contributed by atoms with van der Waals surface area (Å²) in [5.41, 5.74) is 2.79. The van der Waals surface area contributed by atoms with Crippen molar-refractivity contribution in [1.82, 2.24) is 4.98 Å². The summed E-state index contributed by atoms with van der Waals surface area (Å²) in [6, 6.07) is 25.8. The molecule has 1 amide bonds. The monoisotopic (exact) mass is 398 g/mol. The second-order valence-corrected chi connectivity index (χ2v) is 7.45. The maximum atomic E-state index is 12.6. The van der Waals surface area contributed by atoms with Gasteiger partial charge in [-0.25, -0.2) is 0 Å². The van der Waals surface area contributed by atoms with Gasteiger partial charge in [-0.3, -0.25) is 14.6 Å². The van der Waals surface area contributed by atoms with Crippen LogP contribution in [-0.2, 0) is 0 Å². The molecule has 4 nitrogen and oxygen atoms in total. The molecule has 4 aromatic rings. The largest absolute Gasteiger partial charge is 0.322 e. The highest BCUT2D eigenvalue weighted by Crippen LogP contribution is 2.27. The van der Waals surface area contributed by atoms with Gasteiger partial charge in [-0.15, -0.1) is 11.8 Å². The summed E-state index contributed by atoms with van der Waals surface area (Å²) >= 11 is 1.51. The number of amides is 1. The smallest absolute Gasteiger partial charge is 0.255 e. The Labute approximate surface area is 173 Å². The van der Waals surface area contributed by atoms with E-state index in [4.69, 9.17) is 0 Å². The van der Waals surface area contributed by atoms with Gasteiger partial charge in [0.25, 0.3) is 5.91 Å². The molecule has 0 aliphatic heterocycles. The third-order valence-electron chi connectivity index (χ3n) is 4.47. The van der Waals surface area contributed by atoms with Crippen LogP contribution in [0.5, 0.6) is 0 Å². The van der Waals surface area contributed by atoms with Gasteiger partial charge in [0, 0.05) is 33.3 Å². The van der Waals surface area contributed by atoms with Crippen LogP contribution in [0, 0.1) is 0 Å². The molecule has 5 heteroatoms. The minimum Gasteiger partial charge on any atom is -0.322 e. The van der Waals surface area contributed by atoms with E-state index >= 15 is 0 Å². The number of hydrogen-bond acceptors (Lipinski definition) is 4. The number of thioether (sulfide) groups is 1. The van der Waals surface area contributed by atoms with Crippen molar-refractivity contribution in [3.63, 3.8) is 0 Å². The highest BCUT2D eigenvalue weighted by atomic mass is 32.2. The Hall–Kier alpha value is -3.44. The molecule has 0 aliphatic carbocycles. The molecule has 0 radical (unpaired) electrons. The number of carbonyl (C=O) groups is 2. The summed E-state index contributed by atoms with van der Waals surface area (Å²) in [5, 5.41) is 3.89. The summed E-state index contributed by atoms with van der Waals surface area (Å²) in [6.07, 6.45) is 1.76. The standard InChI is InChI=1S/C24H18N2O2S/c27-22(16-29-23-14-15-25-21-9-5-4-8-20(21)23)17-10-12-19(13-11-17)26-24(28)18-6-2-1-3-7-18/h1-15H,16H2,(H,26,28). The average Bonchev–Trinajstić information content (AvgIpc) is 2.78. The van der Waals surface area contributed by atoms with E-state index < -0.39 is 0 Å². The first-order valence-corrected chi connectivity index (χ1v) is 10.2. The summed E-state index contributed by atoms with van der Waals surface area (Å²) in [7, 11) is 0. The third kappa shape index (κ3) is 4.52. The first-order valence-electron chi connectivity index (χ1n) is 9.17. The Morgan fingerprint density at radius 2 is 1.52 bits per heavy atom. The van der Waals surface area contributed by atoms with Crippen molar-refractivity contribution in [2.24, 2.45) is 0 Å². The van der Waals surface area contributed by atoms with Gasteiger partial charge < -0.3 is 5.32 Å². The maximum absolute atomic E-state index is 12.6. The molecule has 0 atom stereocenters. The number of aromatic nitrogens is 1. The van der Waals surface area contributed by atoms with Gasteiger partial charge in [-0.1, -0.05) is 36.4 Å². The van der Waals surface area contributed by atoms with E-state index in [2.05, 4.69) is 10.3 Å². The van der Waals surface area contributed by atoms with Crippen molar-refractivity contribution in [2.75, 3.05) is 11.1 Å². The van der Waals surface area contributed by atoms with E-state index in [1.165, 1.54) is 11.8 Å². The topological polar surface area (TPSA) is 59.1 Å². The molecule has 3 aromatic carbocycles. The van der Waals surface area contributed by atoms with E-state index in [1.807, 2.05) is 48.5 Å². The van der Waals surface area contributed by atoms with E-state index in [-0.39, 0.29) is 11.7 Å². The number of para-hydroxylation sites is 1. The lowest BCUT2D eigenvalue weighted by atomic mass is 10.1. The Balaban J connectivity index is 1.40. The number of anilines is 1. The number of nitrogens with one attached hydrogen (secondary N) is 1. The van der Waals surface area contributed by atoms with Gasteiger partial charge in [-0.2, -0.15) is 0 Å². The van der Waals surface area contributed by atoms with Crippen LogP contribution >= 0.6 is 11.8 Å². The van der Waals surface area contributed by atoms with Gasteiger partial charge in [0.1, 0.15) is 0 Å². The fraction of sp³-hybridized carbons (Fsp3) is 0.0417. The van der Waals surface area contributed by atoms with Crippen LogP contribution in [0.25, 0.3) is 10.9 Å². The Morgan fingerprint density at radius 1 is 0.793 bits per heavy atom. The van der Waals surface area contributed by atoms with Crippen LogP contribution in [0.15, 0.2) is 96.0 Å². The first kappa shape index (κ1) is 18.9. The van der Waals surface area contributed by atoms with Gasteiger partial charge in [0.05, 0.1) is 11.3 Å². The molecule has 1 aromatic heterocycles. The van der Waals surface area contributed by atoms with Gasteiger partial charge in [0.2, 0.25) is 0 Å². The van der Waals surface area contributed by atoms with Crippen LogP contribution in [-0.4, -0.2) is 22.4 Å². The minimum absolute atomic E-state index is 0.0387. The average molecular weight is 398 g/mol. The number of Topliss-reactive ketones (excluding diaryl/α,β-unsaturated/α-hetero) is 1. The number of benzene rings is 3. The van der Waals surface area contributed by atoms with E-state index in [0.717, 1.165) is 15.8 Å². The predicted octanol–water partition coefficient (Wildman–Crippen LogP) is 5.46. The van der Waals surface area contributed by atoms with E-state index in [1.54, 1.807) is 42.6 Å². The number of pyridine rings is 1. The lowest BCUT2D eigenvalue weighted by molar-refractivity contribution is 0.101. The Morgan fingerprint density at radius 3 is 2.31 bits per heavy atom. The summed E-state index contributed by atoms with van der Waals surface area (Å²) < 4.78 is 0. The normalized spacial score (nSPS) is 10.6. The molecule has 0 bridgehead atoms. The number of rotatable bonds is 6. The first-order chi connectivity index (χ1) is 14.2. The zero-order valence-corrected chi connectivity index (χ0v) is 16.4. The maximum Gasteiger partial charge on any atom is 0.255 e. The fourth-order valence-corrected chi connectivity index (χ4v) is 3.89. The van der Waals surface area contributed by atoms with Crippen molar-refractivity contribution in [3.8, 4) is 0 Å². The molecule has 1 heterocycles. The molecule has 0 saturated carbocycles. The second-order valence-electron chi connectivity index (χ2n) is 6.44. The fourth-order valence-electron chi connectivity index (χ4n) is 2.95. The highest BCUT2D eigenvalue weighted by molar-refractivity contribution is 8.00. The molecule has 0 aliphatic rings. The van der Waals surface area contributed by atoms with Crippen molar-refractivity contribution >= 4 is 40.0 Å². The summed E-state index contributed by atoms with van der Waals surface area (Å²) in [4.78, 5) is 30.2. The zero-order valence-electron chi connectivity index (χ0n) is 15.5. The van der Waals surface area contributed by atoms with Crippen molar-refractivity contribution < 1.29 is 9.59 Å². The van der Waals surface area contributed by atoms with Gasteiger partial charge in [0.15, 0.2) is 5.78 Å². The lowest BCUT2D eigenvalue weighted by Crippen LogP contribution is -2.11. The van der Waals surface area contributed by atoms with Crippen LogP contribution in [0.2, 0.25) is 0 Å². The quantitative estimate of drug-likeness (QED) is 0.346. The van der Waals surface area contributed by atoms with Gasteiger partial charge >= 0.3 is 0 Å². The van der Waals surface area contributed by atoms with Crippen LogP contribution < -0.4 is 5.32 Å². The molecule has 0 unspecified atom stereocenters. The van der Waals surface area contributed by atoms with Crippen LogP contribution in [0.4, 0.5) is 5.69 Å². The lowest BCUT2D eigenvalue weighted by Gasteiger charge is -2.07. The Bertz CT molecular complexity index is 1150. The second kappa shape index (κ2) is 8.71. The number of hydrogen-bond donors (Lipinski definition) is 1. The molecular formula is C24H18N2O2S. The number of carbonyl (C=O) groups excluding carboxylic acids is 2. The molecule has 1 N–H and O–H groups in total. The highest BCUT2D eigenvalue weighted by Gasteiger charge is 2.10. The van der Waals surface area contributed by atoms with Crippen molar-refractivity contribution in [3.05, 3.63) is 102 Å². The predicted molar refractivity (Wildman–Crippen MR) is 118 cm³/mol. The van der Waals surface area contributed by atoms with E-state index in [9.17, 15) is 9.59 Å². The van der Waals surface area contributed by atoms with Gasteiger partial charge in [-0.05, 0) is 48.5 Å². The number of nitrogens with zero attached hydrogens (tertiary/aromatic N) is 1. The number of fused-ring (bicyclic) bond motifs is 1. The zero-order chi connectivity index (χ0) is 20.1. The molecule has 4 rings (SSSR count). The molecule has 0 fully saturated rings. The van der Waals surface area contributed by atoms with E-state index in [0.29, 0.717) is 22.6 Å². The molecule has 29 heavy (non-hydrogen) atoms. The third-order valence-corrected chi connectivity index (χ3v) is 5.54. The molecule has 0 saturated heterocycles. The molecular weight excluding hydrogens is 380 g/mol. The number of ketones is 1. The van der Waals surface area contributed by atoms with Crippen molar-refractivity contribution in [2.45, 2.75) is 4.90 Å². The van der Waals surface area contributed by atoms with Crippen LogP contribution in [0.3, 0.4) is 0 Å². The van der Waals surface area contributed by atoms with Crippen molar-refractivity contribution in [1.29, 1.82) is 0 Å². The van der Waals surface area contributed by atoms with Crippen LogP contribution in [0.1, 0.15) is 20.7 Å². The summed E-state index contributed by atoms with van der Waals surface area (Å²) in [6.45, 7) is 0. The molecule has 142 valence electrons. The Kier molecular flexibility index (Phi) is 5.68. The molecule has 0 spiro atoms. The SMILES string of the molecule is O=C(CSc1ccnc2ccccc12)c1ccc(NC(=O)c2ccccc2)cc1. The summed E-state index contributed by atoms with van der Waals surface area (Å²) in [5.74, 6) is 0.200. The minimum atomic E-state index is -0.176.